The van der Waals surface area contributed by atoms with Gasteiger partial charge in [-0.05, 0) is 86.8 Å². The molecule has 0 spiro atoms. The van der Waals surface area contributed by atoms with Gasteiger partial charge in [0.15, 0.2) is 6.10 Å². The normalized spacial score (nSPS) is 12.2. The van der Waals surface area contributed by atoms with Crippen LogP contribution in [0.3, 0.4) is 0 Å². The summed E-state index contributed by atoms with van der Waals surface area (Å²) in [4.78, 5) is 12.6. The zero-order valence-corrected chi connectivity index (χ0v) is 19.8. The Kier molecular flexibility index (Phi) is 7.11. The van der Waals surface area contributed by atoms with Gasteiger partial charge in [0.2, 0.25) is 0 Å². The summed E-state index contributed by atoms with van der Waals surface area (Å²) in [5.74, 6) is 0.325. The van der Waals surface area contributed by atoms with Gasteiger partial charge in [0.25, 0.3) is 15.9 Å². The topological polar surface area (TPSA) is 84.5 Å². The molecule has 0 unspecified atom stereocenters. The summed E-state index contributed by atoms with van der Waals surface area (Å²) < 4.78 is 33.5. The molecule has 3 rings (SSSR count). The molecule has 3 aromatic carbocycles. The molecular weight excluding hydrogens is 448 g/mol. The maximum absolute atomic E-state index is 12.6. The van der Waals surface area contributed by atoms with Crippen LogP contribution in [0, 0.1) is 20.8 Å². The number of halogens is 1. The molecule has 0 fully saturated rings. The molecule has 1 amide bonds. The number of carbonyl (C=O) groups excluding carboxylic acids is 1. The Morgan fingerprint density at radius 3 is 2.31 bits per heavy atom. The van der Waals surface area contributed by atoms with Gasteiger partial charge < -0.3 is 10.1 Å². The van der Waals surface area contributed by atoms with Crippen molar-refractivity contribution in [2.24, 2.45) is 0 Å². The minimum absolute atomic E-state index is 0.0468. The van der Waals surface area contributed by atoms with E-state index < -0.39 is 16.1 Å². The van der Waals surface area contributed by atoms with E-state index in [4.69, 9.17) is 16.3 Å². The first-order valence-corrected chi connectivity index (χ1v) is 11.9. The van der Waals surface area contributed by atoms with E-state index in [-0.39, 0.29) is 10.8 Å². The summed E-state index contributed by atoms with van der Waals surface area (Å²) in [5, 5.41) is 3.05. The van der Waals surface area contributed by atoms with Crippen molar-refractivity contribution in [2.45, 2.75) is 38.7 Å². The zero-order chi connectivity index (χ0) is 23.5. The third kappa shape index (κ3) is 5.60. The van der Waals surface area contributed by atoms with Gasteiger partial charge in [-0.15, -0.1) is 0 Å². The van der Waals surface area contributed by atoms with Crippen LogP contribution in [0.1, 0.15) is 23.6 Å². The van der Waals surface area contributed by atoms with Gasteiger partial charge in [-0.2, -0.15) is 0 Å². The standard InChI is InChI=1S/C24H25ClN2O4S/c1-15-13-16(2)17(3)23(14-15)31-18(4)24(28)26-19-9-11-20(12-10-19)32(29,30)27-22-8-6-5-7-21(22)25/h5-14,18,27H,1-4H3,(H,26,28)/t18-/m1/s1. The molecule has 0 heterocycles. The fourth-order valence-corrected chi connectivity index (χ4v) is 4.39. The molecule has 0 aliphatic rings. The molecule has 32 heavy (non-hydrogen) atoms. The second-order valence-electron chi connectivity index (χ2n) is 7.56. The van der Waals surface area contributed by atoms with Gasteiger partial charge in [0.05, 0.1) is 15.6 Å². The fourth-order valence-electron chi connectivity index (χ4n) is 3.08. The summed E-state index contributed by atoms with van der Waals surface area (Å²) in [6, 6.07) is 16.4. The molecule has 0 radical (unpaired) electrons. The molecule has 0 saturated heterocycles. The van der Waals surface area contributed by atoms with Crippen LogP contribution >= 0.6 is 11.6 Å². The molecule has 3 aromatic rings. The van der Waals surface area contributed by atoms with Crippen molar-refractivity contribution >= 4 is 38.9 Å². The molecule has 6 nitrogen and oxygen atoms in total. The lowest BCUT2D eigenvalue weighted by atomic mass is 10.1. The number of aryl methyl sites for hydroxylation is 2. The van der Waals surface area contributed by atoms with Gasteiger partial charge in [-0.3, -0.25) is 9.52 Å². The van der Waals surface area contributed by atoms with Crippen molar-refractivity contribution in [1.29, 1.82) is 0 Å². The van der Waals surface area contributed by atoms with E-state index in [1.165, 1.54) is 24.3 Å². The van der Waals surface area contributed by atoms with Crippen LogP contribution in [-0.2, 0) is 14.8 Å². The van der Waals surface area contributed by atoms with Crippen LogP contribution in [0.25, 0.3) is 0 Å². The highest BCUT2D eigenvalue weighted by Crippen LogP contribution is 2.26. The number of hydrogen-bond acceptors (Lipinski definition) is 4. The predicted octanol–water partition coefficient (Wildman–Crippen LogP) is 5.47. The third-order valence-corrected chi connectivity index (χ3v) is 6.70. The second-order valence-corrected chi connectivity index (χ2v) is 9.65. The molecule has 1 atom stereocenters. The molecule has 0 aliphatic carbocycles. The number of rotatable bonds is 7. The third-order valence-electron chi connectivity index (χ3n) is 4.99. The summed E-state index contributed by atoms with van der Waals surface area (Å²) in [7, 11) is -3.82. The molecule has 2 N–H and O–H groups in total. The highest BCUT2D eigenvalue weighted by molar-refractivity contribution is 7.92. The maximum atomic E-state index is 12.6. The Balaban J connectivity index is 1.67. The van der Waals surface area contributed by atoms with E-state index in [2.05, 4.69) is 16.1 Å². The van der Waals surface area contributed by atoms with Crippen LogP contribution in [0.15, 0.2) is 65.6 Å². The van der Waals surface area contributed by atoms with Crippen molar-refractivity contribution in [3.8, 4) is 5.75 Å². The Morgan fingerprint density at radius 1 is 1.00 bits per heavy atom. The molecule has 168 valence electrons. The monoisotopic (exact) mass is 472 g/mol. The number of hydrogen-bond donors (Lipinski definition) is 2. The quantitative estimate of drug-likeness (QED) is 0.477. The number of sulfonamides is 1. The largest absolute Gasteiger partial charge is 0.481 e. The Hall–Kier alpha value is -3.03. The van der Waals surface area contributed by atoms with E-state index in [0.29, 0.717) is 22.1 Å². The first-order valence-electron chi connectivity index (χ1n) is 9.99. The van der Waals surface area contributed by atoms with Gasteiger partial charge in [-0.1, -0.05) is 29.8 Å². The molecule has 0 bridgehead atoms. The zero-order valence-electron chi connectivity index (χ0n) is 18.3. The van der Waals surface area contributed by atoms with Crippen LogP contribution in [0.4, 0.5) is 11.4 Å². The maximum Gasteiger partial charge on any atom is 0.265 e. The Morgan fingerprint density at radius 2 is 1.66 bits per heavy atom. The number of amides is 1. The lowest BCUT2D eigenvalue weighted by Gasteiger charge is -2.18. The molecule has 0 saturated carbocycles. The van der Waals surface area contributed by atoms with Gasteiger partial charge in [0.1, 0.15) is 5.75 Å². The van der Waals surface area contributed by atoms with Crippen LogP contribution < -0.4 is 14.8 Å². The van der Waals surface area contributed by atoms with Crippen molar-refractivity contribution in [1.82, 2.24) is 0 Å². The first-order chi connectivity index (χ1) is 15.1. The number of carbonyl (C=O) groups is 1. The van der Waals surface area contributed by atoms with Crippen LogP contribution in [0.2, 0.25) is 5.02 Å². The molecule has 8 heteroatoms. The van der Waals surface area contributed by atoms with E-state index in [9.17, 15) is 13.2 Å². The predicted molar refractivity (Wildman–Crippen MR) is 128 cm³/mol. The van der Waals surface area contributed by atoms with Crippen molar-refractivity contribution in [3.63, 3.8) is 0 Å². The molecular formula is C24H25ClN2O4S. The van der Waals surface area contributed by atoms with E-state index in [1.807, 2.05) is 26.8 Å². The summed E-state index contributed by atoms with van der Waals surface area (Å²) >= 11 is 6.03. The Labute approximate surface area is 193 Å². The number of ether oxygens (including phenoxy) is 1. The highest BCUT2D eigenvalue weighted by atomic mass is 35.5. The minimum Gasteiger partial charge on any atom is -0.481 e. The average Bonchev–Trinajstić information content (AvgIpc) is 2.73. The first kappa shape index (κ1) is 23.6. The van der Waals surface area contributed by atoms with Crippen LogP contribution in [-0.4, -0.2) is 20.4 Å². The molecule has 0 aromatic heterocycles. The number of benzene rings is 3. The highest BCUT2D eigenvalue weighted by Gasteiger charge is 2.19. The number of anilines is 2. The van der Waals surface area contributed by atoms with E-state index in [0.717, 1.165) is 16.7 Å². The van der Waals surface area contributed by atoms with E-state index >= 15 is 0 Å². The van der Waals surface area contributed by atoms with Crippen molar-refractivity contribution in [2.75, 3.05) is 10.0 Å². The Bertz CT molecular complexity index is 1240. The van der Waals surface area contributed by atoms with Crippen LogP contribution in [0.5, 0.6) is 5.75 Å². The number of para-hydroxylation sites is 1. The fraction of sp³-hybridized carbons (Fsp3) is 0.208. The number of nitrogens with one attached hydrogen (secondary N) is 2. The lowest BCUT2D eigenvalue weighted by Crippen LogP contribution is -2.30. The van der Waals surface area contributed by atoms with Crippen molar-refractivity contribution in [3.05, 3.63) is 82.4 Å². The smallest absolute Gasteiger partial charge is 0.265 e. The summed E-state index contributed by atoms with van der Waals surface area (Å²) in [5.41, 5.74) is 3.88. The van der Waals surface area contributed by atoms with E-state index in [1.54, 1.807) is 31.2 Å². The molecule has 0 aliphatic heterocycles. The van der Waals surface area contributed by atoms with Gasteiger partial charge in [-0.25, -0.2) is 8.42 Å². The van der Waals surface area contributed by atoms with Crippen molar-refractivity contribution < 1.29 is 17.9 Å². The van der Waals surface area contributed by atoms with Gasteiger partial charge in [0, 0.05) is 5.69 Å². The summed E-state index contributed by atoms with van der Waals surface area (Å²) in [6.45, 7) is 7.58. The lowest BCUT2D eigenvalue weighted by molar-refractivity contribution is -0.122. The average molecular weight is 473 g/mol. The second kappa shape index (κ2) is 9.63. The summed E-state index contributed by atoms with van der Waals surface area (Å²) in [6.07, 6.45) is -0.736. The van der Waals surface area contributed by atoms with Gasteiger partial charge >= 0.3 is 0 Å². The SMILES string of the molecule is Cc1cc(C)c(C)c(O[C@H](C)C(=O)Nc2ccc(S(=O)(=O)Nc3ccccc3Cl)cc2)c1. The minimum atomic E-state index is -3.82.